The van der Waals surface area contributed by atoms with Crippen LogP contribution in [-0.2, 0) is 13.1 Å². The quantitative estimate of drug-likeness (QED) is 0.376. The lowest BCUT2D eigenvalue weighted by Gasteiger charge is -2.14. The second kappa shape index (κ2) is 9.02. The van der Waals surface area contributed by atoms with Crippen LogP contribution in [-0.4, -0.2) is 25.8 Å². The summed E-state index contributed by atoms with van der Waals surface area (Å²) in [6.07, 6.45) is 1.46. The Labute approximate surface area is 198 Å². The van der Waals surface area contributed by atoms with Gasteiger partial charge in [-0.1, -0.05) is 36.4 Å². The van der Waals surface area contributed by atoms with Crippen LogP contribution in [0.15, 0.2) is 88.7 Å². The number of fused-ring (bicyclic) bond motifs is 1. The number of ether oxygens (including phenoxy) is 1. The number of methoxy groups -OCH3 is 1. The molecule has 2 aromatic heterocycles. The molecule has 0 saturated heterocycles. The van der Waals surface area contributed by atoms with Crippen molar-refractivity contribution in [2.45, 2.75) is 13.1 Å². The predicted octanol–water partition coefficient (Wildman–Crippen LogP) is 3.73. The van der Waals surface area contributed by atoms with Gasteiger partial charge in [-0.2, -0.15) is 0 Å². The zero-order chi connectivity index (χ0) is 24.5. The number of aromatic nitrogens is 4. The molecule has 2 heterocycles. The second-order valence-electron chi connectivity index (χ2n) is 7.93. The molecule has 0 amide bonds. The maximum absolute atomic E-state index is 14.4. The molecular formula is C26H20F2N4O3. The molecule has 9 heteroatoms. The van der Waals surface area contributed by atoms with E-state index in [1.54, 1.807) is 23.8 Å². The predicted molar refractivity (Wildman–Crippen MR) is 127 cm³/mol. The standard InChI is InChI=1S/C26H20F2N4O3/c1-35-22-9-5-3-7-18(22)14-30-16-29-24-23(30)25(33)31(15-17-6-2-4-8-21(17)28)26(34)32(24)20-12-10-19(27)11-13-20/h2-13,16H,14-15H2,1H3. The molecule has 0 aliphatic rings. The molecule has 0 aliphatic carbocycles. The number of nitrogens with zero attached hydrogens (tertiary/aromatic N) is 4. The van der Waals surface area contributed by atoms with Crippen molar-refractivity contribution in [2.75, 3.05) is 7.11 Å². The van der Waals surface area contributed by atoms with Crippen LogP contribution >= 0.6 is 0 Å². The van der Waals surface area contributed by atoms with E-state index in [2.05, 4.69) is 4.98 Å². The van der Waals surface area contributed by atoms with Crippen LogP contribution in [0.2, 0.25) is 0 Å². The highest BCUT2D eigenvalue weighted by atomic mass is 19.1. The van der Waals surface area contributed by atoms with E-state index in [-0.39, 0.29) is 29.8 Å². The fraction of sp³-hybridized carbons (Fsp3) is 0.115. The van der Waals surface area contributed by atoms with Crippen molar-refractivity contribution in [2.24, 2.45) is 0 Å². The number of rotatable bonds is 6. The summed E-state index contributed by atoms with van der Waals surface area (Å²) in [5.41, 5.74) is 0.258. The number of benzene rings is 3. The van der Waals surface area contributed by atoms with Crippen LogP contribution in [0.1, 0.15) is 11.1 Å². The highest BCUT2D eigenvalue weighted by molar-refractivity contribution is 5.72. The fourth-order valence-corrected chi connectivity index (χ4v) is 4.08. The van der Waals surface area contributed by atoms with Crippen LogP contribution in [0.4, 0.5) is 8.78 Å². The maximum Gasteiger partial charge on any atom is 0.337 e. The minimum Gasteiger partial charge on any atom is -0.496 e. The Hall–Kier alpha value is -4.53. The molecule has 0 unspecified atom stereocenters. The van der Waals surface area contributed by atoms with Gasteiger partial charge in [0, 0.05) is 11.1 Å². The molecule has 0 atom stereocenters. The number of halogens is 2. The first-order valence-corrected chi connectivity index (χ1v) is 10.8. The Morgan fingerprint density at radius 1 is 0.857 bits per heavy atom. The average Bonchev–Trinajstić information content (AvgIpc) is 3.27. The SMILES string of the molecule is COc1ccccc1Cn1cnc2c1c(=O)n(Cc1ccccc1F)c(=O)n2-c1ccc(F)cc1. The van der Waals surface area contributed by atoms with E-state index in [0.717, 1.165) is 10.1 Å². The minimum absolute atomic E-state index is 0.117. The van der Waals surface area contributed by atoms with Crippen molar-refractivity contribution < 1.29 is 13.5 Å². The summed E-state index contributed by atoms with van der Waals surface area (Å²) in [5.74, 6) is -0.373. The topological polar surface area (TPSA) is 71.1 Å². The Kier molecular flexibility index (Phi) is 5.74. The van der Waals surface area contributed by atoms with Crippen LogP contribution in [0.5, 0.6) is 5.75 Å². The van der Waals surface area contributed by atoms with E-state index in [4.69, 9.17) is 4.74 Å². The summed E-state index contributed by atoms with van der Waals surface area (Å²) < 4.78 is 37.2. The first-order chi connectivity index (χ1) is 17.0. The Morgan fingerprint density at radius 2 is 1.54 bits per heavy atom. The van der Waals surface area contributed by atoms with Gasteiger partial charge in [-0.05, 0) is 36.4 Å². The minimum atomic E-state index is -0.708. The Balaban J connectivity index is 1.77. The third-order valence-electron chi connectivity index (χ3n) is 5.80. The normalized spacial score (nSPS) is 11.2. The van der Waals surface area contributed by atoms with Gasteiger partial charge in [-0.15, -0.1) is 0 Å². The first-order valence-electron chi connectivity index (χ1n) is 10.8. The van der Waals surface area contributed by atoms with Gasteiger partial charge >= 0.3 is 5.69 Å². The van der Waals surface area contributed by atoms with Crippen molar-refractivity contribution in [3.05, 3.63) is 123 Å². The van der Waals surface area contributed by atoms with Gasteiger partial charge < -0.3 is 9.30 Å². The Morgan fingerprint density at radius 3 is 2.26 bits per heavy atom. The average molecular weight is 474 g/mol. The van der Waals surface area contributed by atoms with Gasteiger partial charge in [0.15, 0.2) is 11.2 Å². The molecule has 5 rings (SSSR count). The third kappa shape index (κ3) is 4.01. The third-order valence-corrected chi connectivity index (χ3v) is 5.80. The Bertz CT molecular complexity index is 1650. The summed E-state index contributed by atoms with van der Waals surface area (Å²) in [5, 5.41) is 0. The number of hydrogen-bond donors (Lipinski definition) is 0. The van der Waals surface area contributed by atoms with Crippen molar-refractivity contribution >= 4 is 11.2 Å². The highest BCUT2D eigenvalue weighted by Crippen LogP contribution is 2.21. The molecule has 0 aliphatic heterocycles. The lowest BCUT2D eigenvalue weighted by molar-refractivity contribution is 0.408. The van der Waals surface area contributed by atoms with Gasteiger partial charge in [0.1, 0.15) is 17.4 Å². The van der Waals surface area contributed by atoms with Gasteiger partial charge in [0.25, 0.3) is 5.56 Å². The molecular weight excluding hydrogens is 454 g/mol. The molecule has 0 spiro atoms. The van der Waals surface area contributed by atoms with E-state index in [9.17, 15) is 18.4 Å². The van der Waals surface area contributed by atoms with Crippen LogP contribution in [0.25, 0.3) is 16.9 Å². The molecule has 3 aromatic carbocycles. The largest absolute Gasteiger partial charge is 0.496 e. The van der Waals surface area contributed by atoms with Crippen molar-refractivity contribution in [3.63, 3.8) is 0 Å². The molecule has 0 fully saturated rings. The monoisotopic (exact) mass is 474 g/mol. The zero-order valence-corrected chi connectivity index (χ0v) is 18.7. The van der Waals surface area contributed by atoms with Gasteiger partial charge in [-0.3, -0.25) is 9.36 Å². The van der Waals surface area contributed by atoms with E-state index in [1.807, 2.05) is 18.2 Å². The smallest absolute Gasteiger partial charge is 0.337 e. The van der Waals surface area contributed by atoms with Gasteiger partial charge in [0.05, 0.1) is 32.2 Å². The van der Waals surface area contributed by atoms with E-state index in [0.29, 0.717) is 11.4 Å². The second-order valence-corrected chi connectivity index (χ2v) is 7.93. The summed E-state index contributed by atoms with van der Waals surface area (Å²) in [4.78, 5) is 31.5. The molecule has 35 heavy (non-hydrogen) atoms. The van der Waals surface area contributed by atoms with Crippen LogP contribution in [0, 0.1) is 11.6 Å². The molecule has 0 N–H and O–H groups in total. The fourth-order valence-electron chi connectivity index (χ4n) is 4.08. The molecule has 0 saturated carbocycles. The molecule has 0 radical (unpaired) electrons. The van der Waals surface area contributed by atoms with Gasteiger partial charge in [-0.25, -0.2) is 23.1 Å². The van der Waals surface area contributed by atoms with E-state index < -0.39 is 22.9 Å². The van der Waals surface area contributed by atoms with Gasteiger partial charge in [0.2, 0.25) is 0 Å². The molecule has 5 aromatic rings. The summed E-state index contributed by atoms with van der Waals surface area (Å²) in [6.45, 7) is -0.0294. The van der Waals surface area contributed by atoms with E-state index >= 15 is 0 Å². The van der Waals surface area contributed by atoms with Crippen molar-refractivity contribution in [1.29, 1.82) is 0 Å². The summed E-state index contributed by atoms with van der Waals surface area (Å²) in [6, 6.07) is 18.6. The van der Waals surface area contributed by atoms with Crippen molar-refractivity contribution in [1.82, 2.24) is 18.7 Å². The number of imidazole rings is 1. The van der Waals surface area contributed by atoms with Crippen molar-refractivity contribution in [3.8, 4) is 11.4 Å². The van der Waals surface area contributed by atoms with Crippen LogP contribution in [0.3, 0.4) is 0 Å². The maximum atomic E-state index is 14.4. The molecule has 7 nitrogen and oxygen atoms in total. The number of hydrogen-bond acceptors (Lipinski definition) is 4. The highest BCUT2D eigenvalue weighted by Gasteiger charge is 2.21. The lowest BCUT2D eigenvalue weighted by Crippen LogP contribution is -2.40. The zero-order valence-electron chi connectivity index (χ0n) is 18.7. The molecule has 0 bridgehead atoms. The number of para-hydroxylation sites is 1. The lowest BCUT2D eigenvalue weighted by atomic mass is 10.2. The molecule has 176 valence electrons. The first kappa shape index (κ1) is 22.3. The van der Waals surface area contributed by atoms with Crippen LogP contribution < -0.4 is 16.0 Å². The summed E-state index contributed by atoms with van der Waals surface area (Å²) in [7, 11) is 1.55. The van der Waals surface area contributed by atoms with E-state index in [1.165, 1.54) is 53.4 Å². The summed E-state index contributed by atoms with van der Waals surface area (Å²) >= 11 is 0.